The highest BCUT2D eigenvalue weighted by atomic mass is 16.7. The van der Waals surface area contributed by atoms with Gasteiger partial charge in [-0.25, -0.2) is 10.2 Å². The fraction of sp³-hybridized carbons (Fsp3) is 0.0909. The molecule has 13 nitrogen and oxygen atoms in total. The van der Waals surface area contributed by atoms with E-state index in [1.165, 1.54) is 42.6 Å². The highest BCUT2D eigenvalue weighted by molar-refractivity contribution is 6.05. The van der Waals surface area contributed by atoms with Gasteiger partial charge >= 0.3 is 5.97 Å². The van der Waals surface area contributed by atoms with E-state index in [1.807, 2.05) is 0 Å². The molecule has 2 N–H and O–H groups in total. The molecule has 0 saturated carbocycles. The normalized spacial score (nSPS) is 12.0. The Balaban J connectivity index is 1.31. The van der Waals surface area contributed by atoms with Crippen LogP contribution in [0, 0.1) is 10.1 Å². The Labute approximate surface area is 262 Å². The van der Waals surface area contributed by atoms with E-state index in [0.717, 1.165) is 0 Å². The molecule has 0 saturated heterocycles. The minimum Gasteiger partial charge on any atom is -0.490 e. The standard InChI is InChI=1S/C33H26N4O9/c1-2-43-30-18-22(9-15-28(30)46-33(40)24-10-12-25(13-11-24)37(41)42)19-34-36-32(39)26(35-31(38)23-6-4-3-5-7-23)16-21-8-14-27-29(17-21)45-20-44-27/h3-19H,2,20H2,1H3,(H,35,38)(H,36,39)/b26-16-,34-19-. The molecule has 0 aliphatic carbocycles. The number of nitrogens with zero attached hydrogens (tertiary/aromatic N) is 2. The number of ether oxygens (including phenoxy) is 4. The molecule has 5 rings (SSSR count). The number of nitro benzene ring substituents is 1. The van der Waals surface area contributed by atoms with Gasteiger partial charge in [0.05, 0.1) is 23.3 Å². The van der Waals surface area contributed by atoms with E-state index in [9.17, 15) is 24.5 Å². The smallest absolute Gasteiger partial charge is 0.343 e. The summed E-state index contributed by atoms with van der Waals surface area (Å²) in [5.74, 6) is -0.504. The second-order valence-corrected chi connectivity index (χ2v) is 9.52. The van der Waals surface area contributed by atoms with E-state index in [4.69, 9.17) is 18.9 Å². The minimum absolute atomic E-state index is 0.0756. The van der Waals surface area contributed by atoms with Crippen LogP contribution in [0.1, 0.15) is 38.8 Å². The number of nitrogens with one attached hydrogen (secondary N) is 2. The van der Waals surface area contributed by atoms with Crippen LogP contribution in [-0.2, 0) is 4.79 Å². The van der Waals surface area contributed by atoms with E-state index >= 15 is 0 Å². The first-order valence-electron chi connectivity index (χ1n) is 13.9. The van der Waals surface area contributed by atoms with Crippen molar-refractivity contribution in [3.8, 4) is 23.0 Å². The third kappa shape index (κ3) is 7.71. The molecule has 2 amide bonds. The second-order valence-electron chi connectivity index (χ2n) is 9.52. The summed E-state index contributed by atoms with van der Waals surface area (Å²) < 4.78 is 21.8. The van der Waals surface area contributed by atoms with Gasteiger partial charge in [0.15, 0.2) is 23.0 Å². The summed E-state index contributed by atoms with van der Waals surface area (Å²) in [7, 11) is 0. The van der Waals surface area contributed by atoms with Gasteiger partial charge in [-0.15, -0.1) is 0 Å². The van der Waals surface area contributed by atoms with Crippen LogP contribution in [0.5, 0.6) is 23.0 Å². The van der Waals surface area contributed by atoms with E-state index in [-0.39, 0.29) is 41.8 Å². The summed E-state index contributed by atoms with van der Waals surface area (Å²) in [5, 5.41) is 17.5. The summed E-state index contributed by atoms with van der Waals surface area (Å²) in [6, 6.07) is 23.1. The summed E-state index contributed by atoms with van der Waals surface area (Å²) in [6.07, 6.45) is 2.83. The first kappa shape index (κ1) is 30.9. The SMILES string of the molecule is CCOc1cc(/C=N\NC(=O)/C(=C/c2ccc3c(c2)OCO3)NC(=O)c2ccccc2)ccc1OC(=O)c1ccc([N+](=O)[O-])cc1. The Morgan fingerprint density at radius 3 is 2.37 bits per heavy atom. The number of carbonyl (C=O) groups excluding carboxylic acids is 3. The first-order chi connectivity index (χ1) is 22.3. The summed E-state index contributed by atoms with van der Waals surface area (Å²) in [5.41, 5.74) is 3.72. The molecule has 4 aromatic carbocycles. The molecular formula is C33H26N4O9. The third-order valence-corrected chi connectivity index (χ3v) is 6.40. The Morgan fingerprint density at radius 2 is 1.63 bits per heavy atom. The van der Waals surface area contributed by atoms with E-state index in [2.05, 4.69) is 15.8 Å². The number of hydrogen-bond donors (Lipinski definition) is 2. The highest BCUT2D eigenvalue weighted by Crippen LogP contribution is 2.33. The Bertz CT molecular complexity index is 1840. The molecule has 46 heavy (non-hydrogen) atoms. The quantitative estimate of drug-likeness (QED) is 0.0593. The van der Waals surface area contributed by atoms with Crippen molar-refractivity contribution in [2.75, 3.05) is 13.4 Å². The minimum atomic E-state index is -0.733. The molecule has 1 aliphatic rings. The molecule has 1 aliphatic heterocycles. The number of esters is 1. The van der Waals surface area contributed by atoms with Gasteiger partial charge in [-0.3, -0.25) is 19.7 Å². The van der Waals surface area contributed by atoms with Crippen LogP contribution in [-0.4, -0.2) is 42.3 Å². The zero-order valence-corrected chi connectivity index (χ0v) is 24.3. The number of hydrazone groups is 1. The summed E-state index contributed by atoms with van der Waals surface area (Å²) in [4.78, 5) is 49.0. The molecule has 232 valence electrons. The Hall–Kier alpha value is -6.50. The van der Waals surface area contributed by atoms with Crippen LogP contribution < -0.4 is 29.7 Å². The largest absolute Gasteiger partial charge is 0.490 e. The van der Waals surface area contributed by atoms with Crippen molar-refractivity contribution < 1.29 is 38.3 Å². The summed E-state index contributed by atoms with van der Waals surface area (Å²) >= 11 is 0. The van der Waals surface area contributed by atoms with E-state index in [0.29, 0.717) is 28.2 Å². The van der Waals surface area contributed by atoms with Crippen molar-refractivity contribution in [2.45, 2.75) is 6.92 Å². The molecule has 1 heterocycles. The molecule has 0 unspecified atom stereocenters. The van der Waals surface area contributed by atoms with E-state index < -0.39 is 22.7 Å². The zero-order valence-electron chi connectivity index (χ0n) is 24.3. The van der Waals surface area contributed by atoms with Gasteiger partial charge in [-0.2, -0.15) is 5.10 Å². The van der Waals surface area contributed by atoms with Crippen molar-refractivity contribution in [2.24, 2.45) is 5.10 Å². The Morgan fingerprint density at radius 1 is 0.891 bits per heavy atom. The molecule has 0 radical (unpaired) electrons. The fourth-order valence-electron chi connectivity index (χ4n) is 4.17. The molecule has 0 bridgehead atoms. The number of nitro groups is 1. The number of hydrogen-bond acceptors (Lipinski definition) is 10. The van der Waals surface area contributed by atoms with Gasteiger partial charge in [-0.1, -0.05) is 24.3 Å². The molecule has 0 spiro atoms. The predicted molar refractivity (Wildman–Crippen MR) is 166 cm³/mol. The maximum Gasteiger partial charge on any atom is 0.343 e. The van der Waals surface area contributed by atoms with Gasteiger partial charge in [0.2, 0.25) is 6.79 Å². The second kappa shape index (κ2) is 14.3. The van der Waals surface area contributed by atoms with Crippen molar-refractivity contribution in [3.05, 3.63) is 129 Å². The van der Waals surface area contributed by atoms with Crippen molar-refractivity contribution in [3.63, 3.8) is 0 Å². The zero-order chi connectivity index (χ0) is 32.5. The Kier molecular flexibility index (Phi) is 9.63. The highest BCUT2D eigenvalue weighted by Gasteiger charge is 2.18. The predicted octanol–water partition coefficient (Wildman–Crippen LogP) is 4.86. The van der Waals surface area contributed by atoms with Crippen LogP contribution in [0.3, 0.4) is 0 Å². The number of non-ortho nitro benzene ring substituents is 1. The van der Waals surface area contributed by atoms with Crippen LogP contribution in [0.4, 0.5) is 5.69 Å². The van der Waals surface area contributed by atoms with Gasteiger partial charge in [0.25, 0.3) is 17.5 Å². The van der Waals surface area contributed by atoms with Crippen LogP contribution in [0.15, 0.2) is 102 Å². The van der Waals surface area contributed by atoms with Crippen LogP contribution in [0.2, 0.25) is 0 Å². The maximum atomic E-state index is 13.2. The monoisotopic (exact) mass is 622 g/mol. The summed E-state index contributed by atoms with van der Waals surface area (Å²) in [6.45, 7) is 2.10. The topological polar surface area (TPSA) is 168 Å². The lowest BCUT2D eigenvalue weighted by molar-refractivity contribution is -0.384. The van der Waals surface area contributed by atoms with Crippen molar-refractivity contribution >= 4 is 35.8 Å². The van der Waals surface area contributed by atoms with Gasteiger partial charge in [0.1, 0.15) is 5.70 Å². The number of amides is 2. The maximum absolute atomic E-state index is 13.2. The third-order valence-electron chi connectivity index (χ3n) is 6.40. The molecule has 4 aromatic rings. The van der Waals surface area contributed by atoms with Gasteiger partial charge in [0, 0.05) is 17.7 Å². The van der Waals surface area contributed by atoms with Gasteiger partial charge in [-0.05, 0) is 78.7 Å². The number of fused-ring (bicyclic) bond motifs is 1. The fourth-order valence-corrected chi connectivity index (χ4v) is 4.17. The van der Waals surface area contributed by atoms with Gasteiger partial charge < -0.3 is 24.3 Å². The first-order valence-corrected chi connectivity index (χ1v) is 13.9. The number of carbonyl (C=O) groups is 3. The molecule has 0 atom stereocenters. The van der Waals surface area contributed by atoms with Crippen molar-refractivity contribution in [1.29, 1.82) is 0 Å². The lowest BCUT2D eigenvalue weighted by Gasteiger charge is -2.11. The van der Waals surface area contributed by atoms with E-state index in [1.54, 1.807) is 67.6 Å². The average Bonchev–Trinajstić information content (AvgIpc) is 3.54. The molecule has 0 fully saturated rings. The van der Waals surface area contributed by atoms with Crippen LogP contribution in [0.25, 0.3) is 6.08 Å². The molecule has 0 aromatic heterocycles. The molecular weight excluding hydrogens is 596 g/mol. The van der Waals surface area contributed by atoms with Crippen molar-refractivity contribution in [1.82, 2.24) is 10.7 Å². The van der Waals surface area contributed by atoms with Crippen LogP contribution >= 0.6 is 0 Å². The number of rotatable bonds is 11. The number of benzene rings is 4. The lowest BCUT2D eigenvalue weighted by atomic mass is 10.1. The lowest BCUT2D eigenvalue weighted by Crippen LogP contribution is -2.32. The molecule has 13 heteroatoms. The average molecular weight is 623 g/mol.